The minimum atomic E-state index is 0.777. The number of hydrogen-bond donors (Lipinski definition) is 1. The van der Waals surface area contributed by atoms with E-state index in [1.54, 1.807) is 0 Å². The molecule has 0 aromatic carbocycles. The van der Waals surface area contributed by atoms with E-state index in [9.17, 15) is 0 Å². The van der Waals surface area contributed by atoms with Gasteiger partial charge in [-0.1, -0.05) is 6.42 Å². The lowest BCUT2D eigenvalue weighted by molar-refractivity contribution is 0.0399. The first-order chi connectivity index (χ1) is 7.88. The van der Waals surface area contributed by atoms with Crippen LogP contribution in [0.1, 0.15) is 38.5 Å². The van der Waals surface area contributed by atoms with Crippen molar-refractivity contribution in [2.24, 2.45) is 23.7 Å². The Bertz CT molecular complexity index is 237. The van der Waals surface area contributed by atoms with Crippen molar-refractivity contribution in [2.45, 2.75) is 44.6 Å². The van der Waals surface area contributed by atoms with E-state index in [0.29, 0.717) is 0 Å². The topological polar surface area (TPSA) is 21.3 Å². The monoisotopic (exact) mass is 223 g/mol. The van der Waals surface area contributed by atoms with Crippen LogP contribution in [0.4, 0.5) is 0 Å². The van der Waals surface area contributed by atoms with Gasteiger partial charge in [0.25, 0.3) is 0 Å². The Kier molecular flexibility index (Phi) is 3.21. The van der Waals surface area contributed by atoms with Crippen LogP contribution < -0.4 is 5.32 Å². The van der Waals surface area contributed by atoms with E-state index < -0.39 is 0 Å². The van der Waals surface area contributed by atoms with Gasteiger partial charge in [-0.25, -0.2) is 0 Å². The molecule has 3 aliphatic rings. The van der Waals surface area contributed by atoms with Crippen molar-refractivity contribution in [1.29, 1.82) is 0 Å². The Morgan fingerprint density at radius 1 is 1.06 bits per heavy atom. The standard InChI is InChI=1S/C14H25NO/c1-15-14(11-4-6-16-7-5-11)13-9-10-2-3-12(13)8-10/h10-15H,2-9H2,1H3. The maximum atomic E-state index is 5.49. The Labute approximate surface area is 99.1 Å². The SMILES string of the molecule is CNC(C1CCOCC1)C1CC2CCC1C2. The van der Waals surface area contributed by atoms with Crippen molar-refractivity contribution in [3.8, 4) is 0 Å². The molecule has 2 aliphatic carbocycles. The van der Waals surface area contributed by atoms with Crippen molar-refractivity contribution < 1.29 is 4.74 Å². The van der Waals surface area contributed by atoms with Gasteiger partial charge in [0.2, 0.25) is 0 Å². The van der Waals surface area contributed by atoms with Gasteiger partial charge in [-0.3, -0.25) is 0 Å². The first-order valence-corrected chi connectivity index (χ1v) is 7.13. The summed E-state index contributed by atoms with van der Waals surface area (Å²) in [4.78, 5) is 0. The Hall–Kier alpha value is -0.0800. The second kappa shape index (κ2) is 4.66. The van der Waals surface area contributed by atoms with Crippen molar-refractivity contribution >= 4 is 0 Å². The lowest BCUT2D eigenvalue weighted by Gasteiger charge is -2.37. The highest BCUT2D eigenvalue weighted by molar-refractivity contribution is 4.97. The summed E-state index contributed by atoms with van der Waals surface area (Å²) in [5, 5.41) is 3.64. The number of rotatable bonds is 3. The summed E-state index contributed by atoms with van der Waals surface area (Å²) >= 11 is 0. The summed E-state index contributed by atoms with van der Waals surface area (Å²) in [5.41, 5.74) is 0. The van der Waals surface area contributed by atoms with E-state index in [0.717, 1.165) is 42.9 Å². The Balaban J connectivity index is 1.65. The van der Waals surface area contributed by atoms with Gasteiger partial charge in [0.15, 0.2) is 0 Å². The van der Waals surface area contributed by atoms with Gasteiger partial charge >= 0.3 is 0 Å². The number of ether oxygens (including phenoxy) is 1. The van der Waals surface area contributed by atoms with E-state index in [1.165, 1.54) is 38.5 Å². The average Bonchev–Trinajstić information content (AvgIpc) is 2.94. The fourth-order valence-electron chi connectivity index (χ4n) is 4.61. The summed E-state index contributed by atoms with van der Waals surface area (Å²) < 4.78 is 5.49. The minimum Gasteiger partial charge on any atom is -0.381 e. The molecule has 1 N–H and O–H groups in total. The second-order valence-electron chi connectivity index (χ2n) is 6.10. The number of nitrogens with one attached hydrogen (secondary N) is 1. The molecular weight excluding hydrogens is 198 g/mol. The van der Waals surface area contributed by atoms with Gasteiger partial charge in [0.05, 0.1) is 0 Å². The van der Waals surface area contributed by atoms with Crippen LogP contribution in [0.25, 0.3) is 0 Å². The molecule has 0 radical (unpaired) electrons. The maximum Gasteiger partial charge on any atom is 0.0469 e. The molecule has 0 spiro atoms. The van der Waals surface area contributed by atoms with Crippen LogP contribution in [0.5, 0.6) is 0 Å². The summed E-state index contributed by atoms with van der Waals surface area (Å²) in [7, 11) is 2.17. The smallest absolute Gasteiger partial charge is 0.0469 e. The molecule has 2 nitrogen and oxygen atoms in total. The zero-order chi connectivity index (χ0) is 11.0. The van der Waals surface area contributed by atoms with Gasteiger partial charge in [0, 0.05) is 19.3 Å². The predicted octanol–water partition coefficient (Wildman–Crippen LogP) is 2.44. The van der Waals surface area contributed by atoms with Gasteiger partial charge < -0.3 is 10.1 Å². The van der Waals surface area contributed by atoms with Crippen LogP contribution in [-0.2, 0) is 4.74 Å². The van der Waals surface area contributed by atoms with Crippen LogP contribution in [0, 0.1) is 23.7 Å². The normalized spacial score (nSPS) is 41.4. The fraction of sp³-hybridized carbons (Fsp3) is 1.00. The highest BCUT2D eigenvalue weighted by Crippen LogP contribution is 2.51. The van der Waals surface area contributed by atoms with Crippen molar-refractivity contribution in [3.05, 3.63) is 0 Å². The average molecular weight is 223 g/mol. The molecule has 0 aromatic heterocycles. The quantitative estimate of drug-likeness (QED) is 0.793. The zero-order valence-corrected chi connectivity index (χ0v) is 10.5. The minimum absolute atomic E-state index is 0.777. The molecular formula is C14H25NO. The molecule has 2 bridgehead atoms. The molecule has 2 heteroatoms. The largest absolute Gasteiger partial charge is 0.381 e. The molecule has 3 rings (SSSR count). The highest BCUT2D eigenvalue weighted by Gasteiger charge is 2.44. The lowest BCUT2D eigenvalue weighted by Crippen LogP contribution is -2.44. The molecule has 4 atom stereocenters. The van der Waals surface area contributed by atoms with Crippen molar-refractivity contribution in [1.82, 2.24) is 5.32 Å². The van der Waals surface area contributed by atoms with E-state index in [1.807, 2.05) is 0 Å². The molecule has 0 amide bonds. The Morgan fingerprint density at radius 3 is 2.44 bits per heavy atom. The molecule has 1 heterocycles. The van der Waals surface area contributed by atoms with Gasteiger partial charge in [0.1, 0.15) is 0 Å². The first-order valence-electron chi connectivity index (χ1n) is 7.13. The van der Waals surface area contributed by atoms with Crippen LogP contribution in [0.15, 0.2) is 0 Å². The van der Waals surface area contributed by atoms with E-state index in [2.05, 4.69) is 12.4 Å². The summed E-state index contributed by atoms with van der Waals surface area (Å²) in [5.74, 6) is 3.98. The lowest BCUT2D eigenvalue weighted by atomic mass is 9.76. The Morgan fingerprint density at radius 2 is 1.88 bits per heavy atom. The number of fused-ring (bicyclic) bond motifs is 2. The molecule has 1 saturated heterocycles. The summed E-state index contributed by atoms with van der Waals surface area (Å²) in [6.07, 6.45) is 8.63. The summed E-state index contributed by atoms with van der Waals surface area (Å²) in [6.45, 7) is 1.98. The third kappa shape index (κ3) is 1.91. The molecule has 2 saturated carbocycles. The maximum absolute atomic E-state index is 5.49. The van der Waals surface area contributed by atoms with Crippen LogP contribution in [0.3, 0.4) is 0 Å². The van der Waals surface area contributed by atoms with Gasteiger partial charge in [-0.15, -0.1) is 0 Å². The number of hydrogen-bond acceptors (Lipinski definition) is 2. The molecule has 16 heavy (non-hydrogen) atoms. The molecule has 4 unspecified atom stereocenters. The predicted molar refractivity (Wildman–Crippen MR) is 65.3 cm³/mol. The van der Waals surface area contributed by atoms with Crippen molar-refractivity contribution in [3.63, 3.8) is 0 Å². The molecule has 92 valence electrons. The van der Waals surface area contributed by atoms with E-state index in [4.69, 9.17) is 4.74 Å². The summed E-state index contributed by atoms with van der Waals surface area (Å²) in [6, 6.07) is 0.777. The first kappa shape index (κ1) is 11.0. The van der Waals surface area contributed by atoms with Crippen LogP contribution in [-0.4, -0.2) is 26.3 Å². The van der Waals surface area contributed by atoms with E-state index >= 15 is 0 Å². The molecule has 0 aromatic rings. The van der Waals surface area contributed by atoms with Gasteiger partial charge in [-0.05, 0) is 62.8 Å². The third-order valence-electron chi connectivity index (χ3n) is 5.36. The molecule has 1 aliphatic heterocycles. The zero-order valence-electron chi connectivity index (χ0n) is 10.5. The fourth-order valence-corrected chi connectivity index (χ4v) is 4.61. The third-order valence-corrected chi connectivity index (χ3v) is 5.36. The highest BCUT2D eigenvalue weighted by atomic mass is 16.5. The second-order valence-corrected chi connectivity index (χ2v) is 6.10. The van der Waals surface area contributed by atoms with Crippen molar-refractivity contribution in [2.75, 3.05) is 20.3 Å². The van der Waals surface area contributed by atoms with Crippen LogP contribution in [0.2, 0.25) is 0 Å². The van der Waals surface area contributed by atoms with Gasteiger partial charge in [-0.2, -0.15) is 0 Å². The molecule has 3 fully saturated rings. The van der Waals surface area contributed by atoms with E-state index in [-0.39, 0.29) is 0 Å². The van der Waals surface area contributed by atoms with Crippen LogP contribution >= 0.6 is 0 Å².